The Labute approximate surface area is 55.6 Å². The summed E-state index contributed by atoms with van der Waals surface area (Å²) in [6.45, 7) is 0.462. The summed E-state index contributed by atoms with van der Waals surface area (Å²) in [5.41, 5.74) is 1.01. The first-order chi connectivity index (χ1) is 3.83. The number of hydrogen-bond donors (Lipinski definition) is 0. The molecule has 0 amide bonds. The van der Waals surface area contributed by atoms with E-state index >= 15 is 0 Å². The van der Waals surface area contributed by atoms with Crippen molar-refractivity contribution in [2.75, 3.05) is 11.9 Å². The van der Waals surface area contributed by atoms with Gasteiger partial charge in [-0.15, -0.1) is 0 Å². The van der Waals surface area contributed by atoms with Crippen LogP contribution in [0.4, 0.5) is 0 Å². The fourth-order valence-electron chi connectivity index (χ4n) is 0.491. The number of cyclic esters (lactones) is 1. The standard InChI is InChI=1S/C5H5BrO2/c6-2-4-1-5(7)8-3-4/h1H,2-3H2. The number of carbonyl (C=O) groups is 1. The van der Waals surface area contributed by atoms with E-state index in [9.17, 15) is 4.79 Å². The highest BCUT2D eigenvalue weighted by molar-refractivity contribution is 9.09. The molecule has 0 saturated carbocycles. The molecule has 0 aliphatic carbocycles. The lowest BCUT2D eigenvalue weighted by Gasteiger charge is -1.88. The molecule has 0 bridgehead atoms. The van der Waals surface area contributed by atoms with Crippen molar-refractivity contribution in [3.63, 3.8) is 0 Å². The molecule has 3 heteroatoms. The van der Waals surface area contributed by atoms with Gasteiger partial charge in [-0.25, -0.2) is 4.79 Å². The zero-order valence-electron chi connectivity index (χ0n) is 4.19. The first kappa shape index (κ1) is 5.82. The fourth-order valence-corrected chi connectivity index (χ4v) is 0.815. The number of halogens is 1. The fraction of sp³-hybridized carbons (Fsp3) is 0.400. The Morgan fingerprint density at radius 2 is 2.62 bits per heavy atom. The van der Waals surface area contributed by atoms with Crippen molar-refractivity contribution >= 4 is 21.9 Å². The van der Waals surface area contributed by atoms with Crippen molar-refractivity contribution in [3.05, 3.63) is 11.6 Å². The summed E-state index contributed by atoms with van der Waals surface area (Å²) in [6.07, 6.45) is 1.51. The SMILES string of the molecule is O=C1C=C(CBr)CO1. The largest absolute Gasteiger partial charge is 0.458 e. The smallest absolute Gasteiger partial charge is 0.331 e. The van der Waals surface area contributed by atoms with Crippen molar-refractivity contribution in [2.45, 2.75) is 0 Å². The molecule has 44 valence electrons. The average molecular weight is 177 g/mol. The molecule has 1 aliphatic rings. The van der Waals surface area contributed by atoms with E-state index in [-0.39, 0.29) is 5.97 Å². The minimum absolute atomic E-state index is 0.223. The Kier molecular flexibility index (Phi) is 1.68. The van der Waals surface area contributed by atoms with Crippen LogP contribution < -0.4 is 0 Å². The van der Waals surface area contributed by atoms with Gasteiger partial charge < -0.3 is 4.74 Å². The molecule has 1 aliphatic heterocycles. The van der Waals surface area contributed by atoms with E-state index in [1.165, 1.54) is 6.08 Å². The van der Waals surface area contributed by atoms with Gasteiger partial charge in [-0.3, -0.25) is 0 Å². The number of esters is 1. The number of hydrogen-bond acceptors (Lipinski definition) is 2. The zero-order chi connectivity index (χ0) is 5.98. The quantitative estimate of drug-likeness (QED) is 0.438. The van der Waals surface area contributed by atoms with Crippen LogP contribution in [0.25, 0.3) is 0 Å². The highest BCUT2D eigenvalue weighted by Gasteiger charge is 2.09. The third-order valence-corrected chi connectivity index (χ3v) is 1.61. The van der Waals surface area contributed by atoms with Crippen LogP contribution in [0.2, 0.25) is 0 Å². The monoisotopic (exact) mass is 176 g/mol. The molecule has 2 nitrogen and oxygen atoms in total. The van der Waals surface area contributed by atoms with Crippen molar-refractivity contribution in [1.82, 2.24) is 0 Å². The summed E-state index contributed by atoms with van der Waals surface area (Å²) in [6, 6.07) is 0. The molecule has 0 aromatic carbocycles. The third-order valence-electron chi connectivity index (χ3n) is 0.893. The van der Waals surface area contributed by atoms with Crippen LogP contribution in [0.1, 0.15) is 0 Å². The van der Waals surface area contributed by atoms with E-state index in [4.69, 9.17) is 0 Å². The van der Waals surface area contributed by atoms with Gasteiger partial charge in [0.2, 0.25) is 0 Å². The molecule has 0 unspecified atom stereocenters. The van der Waals surface area contributed by atoms with Crippen LogP contribution in [0.5, 0.6) is 0 Å². The Balaban J connectivity index is 2.57. The van der Waals surface area contributed by atoms with Gasteiger partial charge in [-0.1, -0.05) is 15.9 Å². The van der Waals surface area contributed by atoms with Gasteiger partial charge in [0.25, 0.3) is 0 Å². The van der Waals surface area contributed by atoms with Crippen LogP contribution in [0.3, 0.4) is 0 Å². The molecule has 0 aromatic rings. The molecule has 0 saturated heterocycles. The van der Waals surface area contributed by atoms with E-state index in [1.54, 1.807) is 0 Å². The number of carbonyl (C=O) groups excluding carboxylic acids is 1. The molecule has 1 rings (SSSR count). The van der Waals surface area contributed by atoms with E-state index in [0.29, 0.717) is 6.61 Å². The molecule has 8 heavy (non-hydrogen) atoms. The maximum absolute atomic E-state index is 10.3. The van der Waals surface area contributed by atoms with Crippen LogP contribution in [0.15, 0.2) is 11.6 Å². The molecular weight excluding hydrogens is 172 g/mol. The van der Waals surface area contributed by atoms with Crippen molar-refractivity contribution in [3.8, 4) is 0 Å². The van der Waals surface area contributed by atoms with Crippen LogP contribution in [-0.4, -0.2) is 17.9 Å². The summed E-state index contributed by atoms with van der Waals surface area (Å²) in [5, 5.41) is 0.735. The summed E-state index contributed by atoms with van der Waals surface area (Å²) < 4.78 is 4.59. The predicted molar refractivity (Wildman–Crippen MR) is 32.8 cm³/mol. The Morgan fingerprint density at radius 3 is 2.88 bits per heavy atom. The van der Waals surface area contributed by atoms with Crippen LogP contribution in [0, 0.1) is 0 Å². The maximum Gasteiger partial charge on any atom is 0.331 e. The molecule has 1 heterocycles. The maximum atomic E-state index is 10.3. The molecule has 0 atom stereocenters. The van der Waals surface area contributed by atoms with Crippen LogP contribution in [-0.2, 0) is 9.53 Å². The number of alkyl halides is 1. The molecule has 0 aromatic heterocycles. The first-order valence-corrected chi connectivity index (χ1v) is 3.37. The molecule has 0 N–H and O–H groups in total. The number of rotatable bonds is 1. The van der Waals surface area contributed by atoms with Gasteiger partial charge in [0, 0.05) is 11.4 Å². The highest BCUT2D eigenvalue weighted by Crippen LogP contribution is 2.07. The topological polar surface area (TPSA) is 26.3 Å². The zero-order valence-corrected chi connectivity index (χ0v) is 5.77. The average Bonchev–Trinajstić information content (AvgIpc) is 2.14. The summed E-state index contributed by atoms with van der Waals surface area (Å²) in [7, 11) is 0. The minimum atomic E-state index is -0.223. The normalized spacial score (nSPS) is 18.1. The Hall–Kier alpha value is -0.310. The van der Waals surface area contributed by atoms with Crippen molar-refractivity contribution < 1.29 is 9.53 Å². The second-order valence-electron chi connectivity index (χ2n) is 1.54. The first-order valence-electron chi connectivity index (χ1n) is 2.25. The van der Waals surface area contributed by atoms with E-state index in [2.05, 4.69) is 20.7 Å². The molecule has 0 fully saturated rings. The van der Waals surface area contributed by atoms with Crippen LogP contribution >= 0.6 is 15.9 Å². The lowest BCUT2D eigenvalue weighted by Crippen LogP contribution is -1.91. The van der Waals surface area contributed by atoms with Gasteiger partial charge >= 0.3 is 5.97 Å². The summed E-state index contributed by atoms with van der Waals surface area (Å²) >= 11 is 3.20. The lowest BCUT2D eigenvalue weighted by atomic mass is 10.3. The van der Waals surface area contributed by atoms with Crippen molar-refractivity contribution in [1.29, 1.82) is 0 Å². The van der Waals surface area contributed by atoms with Gasteiger partial charge in [0.15, 0.2) is 0 Å². The third kappa shape index (κ3) is 1.10. The number of ether oxygens (including phenoxy) is 1. The predicted octanol–water partition coefficient (Wildman–Crippen LogP) is 0.864. The van der Waals surface area contributed by atoms with Gasteiger partial charge in [-0.2, -0.15) is 0 Å². The minimum Gasteiger partial charge on any atom is -0.458 e. The molecule has 0 radical (unpaired) electrons. The summed E-state index contributed by atoms with van der Waals surface area (Å²) in [5.74, 6) is -0.223. The second kappa shape index (κ2) is 2.31. The van der Waals surface area contributed by atoms with Gasteiger partial charge in [0.05, 0.1) is 0 Å². The van der Waals surface area contributed by atoms with Gasteiger partial charge in [-0.05, 0) is 5.57 Å². The second-order valence-corrected chi connectivity index (χ2v) is 2.10. The Morgan fingerprint density at radius 1 is 1.88 bits per heavy atom. The van der Waals surface area contributed by atoms with E-state index < -0.39 is 0 Å². The van der Waals surface area contributed by atoms with Crippen molar-refractivity contribution in [2.24, 2.45) is 0 Å². The highest BCUT2D eigenvalue weighted by atomic mass is 79.9. The lowest BCUT2D eigenvalue weighted by molar-refractivity contribution is -0.134. The Bertz CT molecular complexity index is 139. The summed E-state index contributed by atoms with van der Waals surface area (Å²) in [4.78, 5) is 10.3. The molecule has 0 spiro atoms. The van der Waals surface area contributed by atoms with E-state index in [1.807, 2.05) is 0 Å². The van der Waals surface area contributed by atoms with E-state index in [0.717, 1.165) is 10.9 Å². The van der Waals surface area contributed by atoms with Gasteiger partial charge in [0.1, 0.15) is 6.61 Å². The molecular formula is C5H5BrO2.